The highest BCUT2D eigenvalue weighted by Crippen LogP contribution is 2.78. The Balaban J connectivity index is 1.85. The van der Waals surface area contributed by atoms with Gasteiger partial charge < -0.3 is 19.7 Å². The topological polar surface area (TPSA) is 194 Å². The molecule has 43 heavy (non-hydrogen) atoms. The van der Waals surface area contributed by atoms with Crippen LogP contribution in [0.4, 0.5) is 5.69 Å². The van der Waals surface area contributed by atoms with Gasteiger partial charge in [0.05, 0.1) is 44.7 Å². The summed E-state index contributed by atoms with van der Waals surface area (Å²) in [5.41, 5.74) is 0.188. The first-order chi connectivity index (χ1) is 20.3. The van der Waals surface area contributed by atoms with Gasteiger partial charge in [0.1, 0.15) is 5.56 Å². The maximum atomic E-state index is 13.5. The zero-order valence-corrected chi connectivity index (χ0v) is 26.6. The highest BCUT2D eigenvalue weighted by molar-refractivity contribution is 7.73. The molecule has 2 heterocycles. The fourth-order valence-corrected chi connectivity index (χ4v) is 8.60. The van der Waals surface area contributed by atoms with Crippen LogP contribution in [0.3, 0.4) is 0 Å². The summed E-state index contributed by atoms with van der Waals surface area (Å²) < 4.78 is 47.5. The van der Waals surface area contributed by atoms with Crippen molar-refractivity contribution in [3.63, 3.8) is 0 Å². The SMILES string of the molecule is CCn1cc(C(=O)O)c(=O)c2cc(Cl)c(N3CCN(CCC(O)(P(=O)(OOC)OOC)P(=O)(OOC)OOC)CC3)cc21. The van der Waals surface area contributed by atoms with Crippen LogP contribution in [0, 0.1) is 0 Å². The molecular formula is C23H34ClN3O14P2. The van der Waals surface area contributed by atoms with Crippen LogP contribution in [0.2, 0.25) is 5.02 Å². The van der Waals surface area contributed by atoms with Crippen molar-refractivity contribution in [2.24, 2.45) is 0 Å². The molecule has 1 fully saturated rings. The average molecular weight is 674 g/mol. The number of fused-ring (bicyclic) bond motifs is 1. The van der Waals surface area contributed by atoms with Gasteiger partial charge >= 0.3 is 21.2 Å². The number of anilines is 1. The molecule has 0 bridgehead atoms. The number of aryl methyl sites for hydroxylation is 1. The number of halogens is 1. The normalized spacial score (nSPS) is 15.4. The molecule has 0 spiro atoms. The number of aromatic nitrogens is 1. The first kappa shape index (κ1) is 35.5. The molecular weight excluding hydrogens is 640 g/mol. The second-order valence-corrected chi connectivity index (χ2v) is 13.9. The summed E-state index contributed by atoms with van der Waals surface area (Å²) in [6.45, 7) is 3.85. The predicted molar refractivity (Wildman–Crippen MR) is 152 cm³/mol. The van der Waals surface area contributed by atoms with Crippen LogP contribution < -0.4 is 10.3 Å². The maximum absolute atomic E-state index is 13.5. The van der Waals surface area contributed by atoms with Gasteiger partial charge in [-0.05, 0) is 19.1 Å². The largest absolute Gasteiger partial charge is 0.477 e. The first-order valence-electron chi connectivity index (χ1n) is 12.7. The average Bonchev–Trinajstić information content (AvgIpc) is 2.96. The number of pyridine rings is 1. The molecule has 0 saturated carbocycles. The lowest BCUT2D eigenvalue weighted by Gasteiger charge is -2.39. The van der Waals surface area contributed by atoms with Gasteiger partial charge in [0.15, 0.2) is 0 Å². The van der Waals surface area contributed by atoms with Crippen LogP contribution >= 0.6 is 26.8 Å². The van der Waals surface area contributed by atoms with E-state index in [1.54, 1.807) is 10.6 Å². The fourth-order valence-electron chi connectivity index (χ4n) is 4.66. The summed E-state index contributed by atoms with van der Waals surface area (Å²) in [7, 11) is -6.05. The van der Waals surface area contributed by atoms with Crippen LogP contribution in [0.15, 0.2) is 23.1 Å². The minimum atomic E-state index is -4.98. The third-order valence-corrected chi connectivity index (χ3v) is 12.1. The Hall–Kier alpha value is -1.95. The van der Waals surface area contributed by atoms with Gasteiger partial charge in [-0.2, -0.15) is 0 Å². The van der Waals surface area contributed by atoms with E-state index in [0.29, 0.717) is 43.9 Å². The number of carbonyl (C=O) groups is 1. The van der Waals surface area contributed by atoms with Gasteiger partial charge in [-0.25, -0.2) is 24.3 Å². The van der Waals surface area contributed by atoms with Crippen LogP contribution in [-0.4, -0.2) is 91.9 Å². The van der Waals surface area contributed by atoms with E-state index in [-0.39, 0.29) is 22.5 Å². The molecule has 0 amide bonds. The van der Waals surface area contributed by atoms with Crippen molar-refractivity contribution >= 4 is 49.4 Å². The van der Waals surface area contributed by atoms with Crippen molar-refractivity contribution in [3.05, 3.63) is 39.1 Å². The van der Waals surface area contributed by atoms with Crippen LogP contribution in [0.5, 0.6) is 0 Å². The molecule has 1 aromatic carbocycles. The monoisotopic (exact) mass is 673 g/mol. The number of aromatic carboxylic acids is 1. The zero-order valence-electron chi connectivity index (χ0n) is 24.1. The number of nitrogens with zero attached hydrogens (tertiary/aromatic N) is 3. The van der Waals surface area contributed by atoms with E-state index < -0.39 is 38.1 Å². The van der Waals surface area contributed by atoms with Crippen LogP contribution in [-0.2, 0) is 53.9 Å². The fraction of sp³-hybridized carbons (Fsp3) is 0.565. The maximum Gasteiger partial charge on any atom is 0.428 e. The van der Waals surface area contributed by atoms with Crippen molar-refractivity contribution < 1.29 is 62.4 Å². The Morgan fingerprint density at radius 2 is 1.47 bits per heavy atom. The summed E-state index contributed by atoms with van der Waals surface area (Å²) in [6, 6.07) is 3.20. The molecule has 242 valence electrons. The molecule has 2 aromatic rings. The lowest BCUT2D eigenvalue weighted by atomic mass is 10.1. The number of hydrogen-bond donors (Lipinski definition) is 2. The van der Waals surface area contributed by atoms with E-state index >= 15 is 0 Å². The van der Waals surface area contributed by atoms with Crippen LogP contribution in [0.25, 0.3) is 10.9 Å². The Bertz CT molecular complexity index is 1400. The number of benzene rings is 1. The summed E-state index contributed by atoms with van der Waals surface area (Å²) in [4.78, 5) is 46.0. The number of rotatable bonds is 16. The van der Waals surface area contributed by atoms with E-state index in [1.165, 1.54) is 12.3 Å². The molecule has 1 saturated heterocycles. The molecule has 2 N–H and O–H groups in total. The lowest BCUT2D eigenvalue weighted by Crippen LogP contribution is -2.48. The van der Waals surface area contributed by atoms with Crippen molar-refractivity contribution in [1.29, 1.82) is 0 Å². The van der Waals surface area contributed by atoms with E-state index in [0.717, 1.165) is 28.4 Å². The second-order valence-electron chi connectivity index (χ2n) is 9.10. The van der Waals surface area contributed by atoms with E-state index in [4.69, 9.17) is 30.3 Å². The number of piperazine rings is 1. The third-order valence-electron chi connectivity index (χ3n) is 6.76. The quantitative estimate of drug-likeness (QED) is 0.150. The van der Waals surface area contributed by atoms with Crippen molar-refractivity contribution in [2.45, 2.75) is 25.0 Å². The minimum absolute atomic E-state index is 0.0303. The molecule has 17 nitrogen and oxygen atoms in total. The number of carboxylic acid groups (broad SMARTS) is 1. The molecule has 1 aromatic heterocycles. The molecule has 3 rings (SSSR count). The summed E-state index contributed by atoms with van der Waals surface area (Å²) in [6.07, 6.45) is 0.731. The Kier molecular flexibility index (Phi) is 12.3. The highest BCUT2D eigenvalue weighted by Gasteiger charge is 2.68. The van der Waals surface area contributed by atoms with Gasteiger partial charge in [0.2, 0.25) is 5.43 Å². The summed E-state index contributed by atoms with van der Waals surface area (Å²) >= 11 is 6.56. The number of hydrogen-bond acceptors (Lipinski definition) is 15. The van der Waals surface area contributed by atoms with E-state index in [2.05, 4.69) is 19.6 Å². The van der Waals surface area contributed by atoms with Gasteiger partial charge in [-0.1, -0.05) is 11.6 Å². The predicted octanol–water partition coefficient (Wildman–Crippen LogP) is 3.23. The molecule has 20 heteroatoms. The zero-order chi connectivity index (χ0) is 32.0. The molecule has 0 unspecified atom stereocenters. The van der Waals surface area contributed by atoms with E-state index in [1.807, 2.05) is 16.7 Å². The Morgan fingerprint density at radius 3 is 1.91 bits per heavy atom. The molecule has 0 aliphatic carbocycles. The molecule has 0 radical (unpaired) electrons. The van der Waals surface area contributed by atoms with Gasteiger partial charge in [-0.3, -0.25) is 18.8 Å². The smallest absolute Gasteiger partial charge is 0.428 e. The summed E-state index contributed by atoms with van der Waals surface area (Å²) in [5, 5.41) is 18.4. The minimum Gasteiger partial charge on any atom is -0.477 e. The number of carboxylic acids is 1. The first-order valence-corrected chi connectivity index (χ1v) is 16.2. The van der Waals surface area contributed by atoms with Gasteiger partial charge in [-0.15, -0.1) is 18.7 Å². The highest BCUT2D eigenvalue weighted by atomic mass is 35.5. The lowest BCUT2D eigenvalue weighted by molar-refractivity contribution is -0.264. The Labute approximate surface area is 251 Å². The van der Waals surface area contributed by atoms with Crippen LogP contribution in [0.1, 0.15) is 23.7 Å². The molecule has 1 aliphatic heterocycles. The van der Waals surface area contributed by atoms with Crippen molar-refractivity contribution in [1.82, 2.24) is 9.47 Å². The third kappa shape index (κ3) is 7.15. The second kappa shape index (κ2) is 14.9. The molecule has 1 aliphatic rings. The van der Waals surface area contributed by atoms with Crippen molar-refractivity contribution in [3.8, 4) is 0 Å². The standard InChI is InChI=1S/C23H34ClN3O14P2/c1-6-26-15-17(22(29)30)21(28)16-13-18(24)20(14-19(16)26)27-11-9-25(10-12-27)8-7-23(31,42(32,38-34-2)39-35-3)43(33,40-36-4)41-37-5/h13-15,31H,6-12H2,1-5H3,(H,29,30). The molecule has 0 atom stereocenters. The summed E-state index contributed by atoms with van der Waals surface area (Å²) in [5.74, 6) is -1.32. The number of aliphatic hydroxyl groups is 1. The van der Waals surface area contributed by atoms with Gasteiger partial charge in [0, 0.05) is 57.3 Å². The van der Waals surface area contributed by atoms with Gasteiger partial charge in [0.25, 0.3) is 5.08 Å². The van der Waals surface area contributed by atoms with Crippen molar-refractivity contribution in [2.75, 3.05) is 66.1 Å². The Morgan fingerprint density at radius 1 is 0.953 bits per heavy atom. The van der Waals surface area contributed by atoms with E-state index in [9.17, 15) is 28.9 Å².